The molecule has 0 aliphatic heterocycles. The summed E-state index contributed by atoms with van der Waals surface area (Å²) in [5.41, 5.74) is 2.94. The molecule has 0 amide bonds. The van der Waals surface area contributed by atoms with Crippen LogP contribution in [0.15, 0.2) is 18.2 Å². The number of carbonyl (C=O) groups excluding carboxylic acids is 2. The molecule has 0 atom stereocenters. The molecule has 0 spiro atoms. The van der Waals surface area contributed by atoms with E-state index in [1.54, 1.807) is 30.5 Å². The van der Waals surface area contributed by atoms with E-state index >= 15 is 0 Å². The van der Waals surface area contributed by atoms with Gasteiger partial charge in [-0.1, -0.05) is 11.6 Å². The highest BCUT2D eigenvalue weighted by Crippen LogP contribution is 2.31. The number of nitrogens with zero attached hydrogens (tertiary/aromatic N) is 1. The van der Waals surface area contributed by atoms with Gasteiger partial charge in [-0.3, -0.25) is 9.59 Å². The van der Waals surface area contributed by atoms with Crippen LogP contribution in [0.5, 0.6) is 5.75 Å². The number of phenolic OH excluding ortho intramolecular Hbond substituents is 1. The molecule has 1 aromatic heterocycles. The number of carbonyl (C=O) groups is 2. The second-order valence-corrected chi connectivity index (χ2v) is 5.41. The maximum absolute atomic E-state index is 11.9. The quantitative estimate of drug-likeness (QED) is 0.876. The highest BCUT2D eigenvalue weighted by Gasteiger charge is 2.24. The van der Waals surface area contributed by atoms with Gasteiger partial charge in [0.05, 0.1) is 5.02 Å². The molecule has 1 heterocycles. The van der Waals surface area contributed by atoms with Crippen molar-refractivity contribution in [2.75, 3.05) is 0 Å². The van der Waals surface area contributed by atoms with E-state index in [1.807, 2.05) is 0 Å². The van der Waals surface area contributed by atoms with Crippen molar-refractivity contribution in [1.82, 2.24) is 4.57 Å². The fourth-order valence-electron chi connectivity index (χ4n) is 2.72. The standard InChI is InChI=1S/C16H16ClNO3/c1-8-15(10(3)19)16(11(4)20)9(2)18(8)12-5-6-14(21)13(17)7-12/h5-7,21H,1-4H3. The van der Waals surface area contributed by atoms with Crippen LogP contribution < -0.4 is 0 Å². The molecule has 0 unspecified atom stereocenters. The summed E-state index contributed by atoms with van der Waals surface area (Å²) >= 11 is 5.94. The van der Waals surface area contributed by atoms with Crippen LogP contribution in [-0.2, 0) is 0 Å². The number of aromatic nitrogens is 1. The average molecular weight is 306 g/mol. The van der Waals surface area contributed by atoms with Gasteiger partial charge in [0.15, 0.2) is 11.6 Å². The summed E-state index contributed by atoms with van der Waals surface area (Å²) in [5.74, 6) is -0.310. The Balaban J connectivity index is 2.81. The van der Waals surface area contributed by atoms with Crippen LogP contribution in [0, 0.1) is 13.8 Å². The number of halogens is 1. The number of phenols is 1. The molecule has 2 aromatic rings. The number of benzene rings is 1. The van der Waals surface area contributed by atoms with Crippen molar-refractivity contribution in [3.63, 3.8) is 0 Å². The molecule has 5 heteroatoms. The molecule has 0 saturated heterocycles. The second-order valence-electron chi connectivity index (χ2n) is 5.00. The smallest absolute Gasteiger partial charge is 0.162 e. The van der Waals surface area contributed by atoms with Crippen LogP contribution in [0.2, 0.25) is 5.02 Å². The van der Waals surface area contributed by atoms with E-state index < -0.39 is 0 Å². The SMILES string of the molecule is CC(=O)c1c(C(C)=O)c(C)n(-c2ccc(O)c(Cl)c2)c1C. The number of rotatable bonds is 3. The zero-order valence-electron chi connectivity index (χ0n) is 12.3. The first kappa shape index (κ1) is 15.3. The van der Waals surface area contributed by atoms with E-state index in [0.717, 1.165) is 0 Å². The van der Waals surface area contributed by atoms with Crippen molar-refractivity contribution in [3.05, 3.63) is 45.7 Å². The third-order valence-corrected chi connectivity index (χ3v) is 3.84. The number of hydrogen-bond acceptors (Lipinski definition) is 3. The molecule has 1 N–H and O–H groups in total. The third-order valence-electron chi connectivity index (χ3n) is 3.54. The van der Waals surface area contributed by atoms with Crippen LogP contribution in [0.3, 0.4) is 0 Å². The van der Waals surface area contributed by atoms with Crippen molar-refractivity contribution in [2.45, 2.75) is 27.7 Å². The van der Waals surface area contributed by atoms with E-state index in [2.05, 4.69) is 0 Å². The molecule has 0 aliphatic carbocycles. The topological polar surface area (TPSA) is 59.3 Å². The summed E-state index contributed by atoms with van der Waals surface area (Å²) in [6, 6.07) is 4.77. The van der Waals surface area contributed by atoms with Gasteiger partial charge in [-0.15, -0.1) is 0 Å². The molecule has 0 saturated carbocycles. The van der Waals surface area contributed by atoms with E-state index in [9.17, 15) is 14.7 Å². The second kappa shape index (κ2) is 5.37. The number of hydrogen-bond donors (Lipinski definition) is 1. The summed E-state index contributed by atoms with van der Waals surface area (Å²) in [7, 11) is 0. The lowest BCUT2D eigenvalue weighted by Gasteiger charge is -2.10. The summed E-state index contributed by atoms with van der Waals surface area (Å²) in [6.07, 6.45) is 0. The van der Waals surface area contributed by atoms with E-state index in [4.69, 9.17) is 11.6 Å². The van der Waals surface area contributed by atoms with Crippen molar-refractivity contribution in [3.8, 4) is 11.4 Å². The van der Waals surface area contributed by atoms with Gasteiger partial charge in [-0.05, 0) is 45.9 Å². The molecule has 0 bridgehead atoms. The summed E-state index contributed by atoms with van der Waals surface area (Å²) in [4.78, 5) is 23.8. The zero-order valence-corrected chi connectivity index (χ0v) is 13.1. The Labute approximate surface area is 128 Å². The Morgan fingerprint density at radius 3 is 1.90 bits per heavy atom. The van der Waals surface area contributed by atoms with Crippen LogP contribution in [0.4, 0.5) is 0 Å². The van der Waals surface area contributed by atoms with E-state index in [1.165, 1.54) is 19.9 Å². The van der Waals surface area contributed by atoms with Crippen LogP contribution in [0.25, 0.3) is 5.69 Å². The van der Waals surface area contributed by atoms with Crippen LogP contribution in [0.1, 0.15) is 46.0 Å². The van der Waals surface area contributed by atoms with Gasteiger partial charge < -0.3 is 9.67 Å². The largest absolute Gasteiger partial charge is 0.506 e. The molecular weight excluding hydrogens is 290 g/mol. The molecule has 4 nitrogen and oxygen atoms in total. The predicted octanol–water partition coefficient (Wildman–Crippen LogP) is 3.86. The number of Topliss-reactive ketones (excluding diaryl/α,β-unsaturated/α-hetero) is 2. The molecule has 0 fully saturated rings. The lowest BCUT2D eigenvalue weighted by Crippen LogP contribution is -2.02. The summed E-state index contributed by atoms with van der Waals surface area (Å²) in [5, 5.41) is 9.73. The van der Waals surface area contributed by atoms with Gasteiger partial charge in [0, 0.05) is 28.2 Å². The lowest BCUT2D eigenvalue weighted by molar-refractivity contribution is 0.0981. The number of aromatic hydroxyl groups is 1. The minimum absolute atomic E-state index is 0.0125. The van der Waals surface area contributed by atoms with Gasteiger partial charge in [-0.2, -0.15) is 0 Å². The van der Waals surface area contributed by atoms with Crippen molar-refractivity contribution >= 4 is 23.2 Å². The first-order chi connectivity index (χ1) is 9.75. The van der Waals surface area contributed by atoms with Gasteiger partial charge in [0.2, 0.25) is 0 Å². The molecule has 110 valence electrons. The normalized spacial score (nSPS) is 10.7. The Hall–Kier alpha value is -2.07. The van der Waals surface area contributed by atoms with E-state index in [-0.39, 0.29) is 22.3 Å². The molecule has 2 rings (SSSR count). The Morgan fingerprint density at radius 2 is 1.52 bits per heavy atom. The highest BCUT2D eigenvalue weighted by molar-refractivity contribution is 6.32. The van der Waals surface area contributed by atoms with Gasteiger partial charge in [-0.25, -0.2) is 0 Å². The first-order valence-electron chi connectivity index (χ1n) is 6.48. The van der Waals surface area contributed by atoms with E-state index in [0.29, 0.717) is 28.2 Å². The van der Waals surface area contributed by atoms with Crippen LogP contribution in [-0.4, -0.2) is 21.2 Å². The molecule has 0 radical (unpaired) electrons. The van der Waals surface area contributed by atoms with Crippen molar-refractivity contribution < 1.29 is 14.7 Å². The van der Waals surface area contributed by atoms with Gasteiger partial charge in [0.1, 0.15) is 5.75 Å². The fourth-order valence-corrected chi connectivity index (χ4v) is 2.90. The minimum Gasteiger partial charge on any atom is -0.506 e. The monoisotopic (exact) mass is 305 g/mol. The number of ketones is 2. The third kappa shape index (κ3) is 2.47. The van der Waals surface area contributed by atoms with Crippen LogP contribution >= 0.6 is 11.6 Å². The van der Waals surface area contributed by atoms with Crippen molar-refractivity contribution in [2.24, 2.45) is 0 Å². The summed E-state index contributed by atoms with van der Waals surface area (Å²) in [6.45, 7) is 6.47. The first-order valence-corrected chi connectivity index (χ1v) is 6.86. The van der Waals surface area contributed by atoms with Crippen molar-refractivity contribution in [1.29, 1.82) is 0 Å². The average Bonchev–Trinajstić information content (AvgIpc) is 2.65. The Morgan fingerprint density at radius 1 is 1.05 bits per heavy atom. The maximum atomic E-state index is 11.9. The molecule has 1 aromatic carbocycles. The highest BCUT2D eigenvalue weighted by atomic mass is 35.5. The minimum atomic E-state index is -0.149. The lowest BCUT2D eigenvalue weighted by atomic mass is 10.0. The predicted molar refractivity (Wildman–Crippen MR) is 81.9 cm³/mol. The summed E-state index contributed by atoms with van der Waals surface area (Å²) < 4.78 is 1.80. The van der Waals surface area contributed by atoms with Gasteiger partial charge in [0.25, 0.3) is 0 Å². The molecule has 0 aliphatic rings. The molecule has 21 heavy (non-hydrogen) atoms. The maximum Gasteiger partial charge on any atom is 0.162 e. The Bertz CT molecular complexity index is 722. The zero-order chi connectivity index (χ0) is 15.9. The van der Waals surface area contributed by atoms with Gasteiger partial charge >= 0.3 is 0 Å². The Kier molecular flexibility index (Phi) is 3.92. The fraction of sp³-hybridized carbons (Fsp3) is 0.250. The molecular formula is C16H16ClNO3.